The number of benzene rings is 2. The fraction of sp³-hybridized carbons (Fsp3) is 0.429. The van der Waals surface area contributed by atoms with Crippen molar-refractivity contribution in [1.29, 1.82) is 0 Å². The molecule has 4 nitrogen and oxygen atoms in total. The third-order valence-corrected chi connectivity index (χ3v) is 5.07. The summed E-state index contributed by atoms with van der Waals surface area (Å²) in [6, 6.07) is 16.7. The van der Waals surface area contributed by atoms with Gasteiger partial charge in [0.15, 0.2) is 0 Å². The summed E-state index contributed by atoms with van der Waals surface area (Å²) in [7, 11) is 0. The van der Waals surface area contributed by atoms with Crippen LogP contribution in [0.5, 0.6) is 0 Å². The van der Waals surface area contributed by atoms with Crippen LogP contribution in [0, 0.1) is 0 Å². The van der Waals surface area contributed by atoms with E-state index in [1.54, 1.807) is 0 Å². The lowest BCUT2D eigenvalue weighted by atomic mass is 9.99. The van der Waals surface area contributed by atoms with Crippen molar-refractivity contribution in [3.63, 3.8) is 0 Å². The minimum atomic E-state index is 0.0980. The van der Waals surface area contributed by atoms with Gasteiger partial charge in [-0.15, -0.1) is 0 Å². The monoisotopic (exact) mass is 374 g/mol. The van der Waals surface area contributed by atoms with Gasteiger partial charge < -0.3 is 9.84 Å². The van der Waals surface area contributed by atoms with Crippen molar-refractivity contribution < 1.29 is 9.84 Å². The Balaban J connectivity index is 1.55. The molecule has 140 valence electrons. The molecule has 1 N–H and O–H groups in total. The summed E-state index contributed by atoms with van der Waals surface area (Å²) in [6.07, 6.45) is 0. The van der Waals surface area contributed by atoms with E-state index < -0.39 is 0 Å². The summed E-state index contributed by atoms with van der Waals surface area (Å²) in [5.74, 6) is 0. The molecular formula is C21H27ClN2O2. The van der Waals surface area contributed by atoms with Crippen LogP contribution in [0.25, 0.3) is 11.1 Å². The zero-order valence-corrected chi connectivity index (χ0v) is 15.9. The minimum Gasteiger partial charge on any atom is -0.394 e. The summed E-state index contributed by atoms with van der Waals surface area (Å²) in [6.45, 7) is 7.38. The highest BCUT2D eigenvalue weighted by Gasteiger charge is 2.17. The Morgan fingerprint density at radius 3 is 2.31 bits per heavy atom. The molecule has 1 aliphatic rings. The number of hydrogen-bond acceptors (Lipinski definition) is 4. The maximum Gasteiger partial charge on any atom is 0.0698 e. The Morgan fingerprint density at radius 1 is 0.885 bits per heavy atom. The van der Waals surface area contributed by atoms with E-state index in [4.69, 9.17) is 21.4 Å². The van der Waals surface area contributed by atoms with Crippen LogP contribution in [-0.4, -0.2) is 67.5 Å². The molecule has 1 saturated heterocycles. The summed E-state index contributed by atoms with van der Waals surface area (Å²) in [4.78, 5) is 4.94. The van der Waals surface area contributed by atoms with Crippen molar-refractivity contribution in [2.24, 2.45) is 0 Å². The third-order valence-electron chi connectivity index (χ3n) is 4.82. The lowest BCUT2D eigenvalue weighted by Gasteiger charge is -2.35. The first-order valence-corrected chi connectivity index (χ1v) is 9.61. The van der Waals surface area contributed by atoms with Gasteiger partial charge in [0.05, 0.1) is 19.8 Å². The first-order valence-electron chi connectivity index (χ1n) is 9.23. The second-order valence-corrected chi connectivity index (χ2v) is 7.05. The summed E-state index contributed by atoms with van der Waals surface area (Å²) in [5, 5.41) is 9.51. The van der Waals surface area contributed by atoms with E-state index in [1.165, 1.54) is 16.7 Å². The molecule has 0 saturated carbocycles. The van der Waals surface area contributed by atoms with Crippen molar-refractivity contribution in [3.8, 4) is 11.1 Å². The molecule has 0 bridgehead atoms. The third kappa shape index (κ3) is 5.53. The number of rotatable bonds is 8. The standard InChI is InChI=1S/C21H27ClN2O2/c22-20-7-5-18(6-8-20)21-4-2-1-3-19(21)17-24-11-9-23(10-12-24)13-15-26-16-14-25/h1-8,25H,9-17H2. The Bertz CT molecular complexity index is 670. The van der Waals surface area contributed by atoms with Gasteiger partial charge in [0.25, 0.3) is 0 Å². The molecule has 1 fully saturated rings. The highest BCUT2D eigenvalue weighted by Crippen LogP contribution is 2.26. The smallest absolute Gasteiger partial charge is 0.0698 e. The van der Waals surface area contributed by atoms with E-state index in [9.17, 15) is 0 Å². The molecule has 1 heterocycles. The highest BCUT2D eigenvalue weighted by molar-refractivity contribution is 6.30. The quantitative estimate of drug-likeness (QED) is 0.720. The maximum atomic E-state index is 8.74. The molecule has 0 radical (unpaired) electrons. The molecule has 3 rings (SSSR count). The number of hydrogen-bond donors (Lipinski definition) is 1. The van der Waals surface area contributed by atoms with Gasteiger partial charge >= 0.3 is 0 Å². The van der Waals surface area contributed by atoms with Crippen molar-refractivity contribution in [3.05, 3.63) is 59.1 Å². The van der Waals surface area contributed by atoms with Gasteiger partial charge in [0.1, 0.15) is 0 Å². The molecule has 0 aliphatic carbocycles. The molecule has 0 amide bonds. The topological polar surface area (TPSA) is 35.9 Å². The molecule has 0 atom stereocenters. The average Bonchev–Trinajstić information content (AvgIpc) is 2.68. The molecule has 26 heavy (non-hydrogen) atoms. The first-order chi connectivity index (χ1) is 12.8. The average molecular weight is 375 g/mol. The Kier molecular flexibility index (Phi) is 7.47. The Labute approximate surface area is 160 Å². The number of nitrogens with zero attached hydrogens (tertiary/aromatic N) is 2. The number of aliphatic hydroxyl groups excluding tert-OH is 1. The van der Waals surface area contributed by atoms with Gasteiger partial charge in [-0.3, -0.25) is 9.80 Å². The number of ether oxygens (including phenoxy) is 1. The molecule has 2 aromatic carbocycles. The highest BCUT2D eigenvalue weighted by atomic mass is 35.5. The van der Waals surface area contributed by atoms with Crippen LogP contribution in [0.2, 0.25) is 5.02 Å². The molecule has 0 aromatic heterocycles. The molecule has 0 unspecified atom stereocenters. The van der Waals surface area contributed by atoms with Crippen LogP contribution < -0.4 is 0 Å². The predicted octanol–water partition coefficient (Wildman–Crippen LogP) is 3.13. The summed E-state index contributed by atoms with van der Waals surface area (Å²) in [5.41, 5.74) is 3.85. The minimum absolute atomic E-state index is 0.0980. The largest absolute Gasteiger partial charge is 0.394 e. The van der Waals surface area contributed by atoms with E-state index in [-0.39, 0.29) is 6.61 Å². The van der Waals surface area contributed by atoms with E-state index in [0.29, 0.717) is 13.2 Å². The fourth-order valence-electron chi connectivity index (χ4n) is 3.34. The zero-order chi connectivity index (χ0) is 18.2. The van der Waals surface area contributed by atoms with E-state index in [1.807, 2.05) is 12.1 Å². The SMILES string of the molecule is OCCOCCN1CCN(Cc2ccccc2-c2ccc(Cl)cc2)CC1. The second kappa shape index (κ2) is 10.0. The first kappa shape index (κ1) is 19.3. The van der Waals surface area contributed by atoms with Crippen LogP contribution in [0.1, 0.15) is 5.56 Å². The molecule has 2 aromatic rings. The molecular weight excluding hydrogens is 348 g/mol. The van der Waals surface area contributed by atoms with Crippen molar-refractivity contribution in [1.82, 2.24) is 9.80 Å². The number of halogens is 1. The molecule has 0 spiro atoms. The normalized spacial score (nSPS) is 16.1. The van der Waals surface area contributed by atoms with Gasteiger partial charge in [-0.25, -0.2) is 0 Å². The molecule has 1 aliphatic heterocycles. The van der Waals surface area contributed by atoms with E-state index >= 15 is 0 Å². The lowest BCUT2D eigenvalue weighted by molar-refractivity contribution is 0.0564. The van der Waals surface area contributed by atoms with Crippen LogP contribution in [0.3, 0.4) is 0 Å². The number of piperazine rings is 1. The van der Waals surface area contributed by atoms with Gasteiger partial charge in [0, 0.05) is 44.3 Å². The van der Waals surface area contributed by atoms with Crippen molar-refractivity contribution in [2.75, 3.05) is 52.5 Å². The van der Waals surface area contributed by atoms with Gasteiger partial charge in [-0.05, 0) is 28.8 Å². The lowest BCUT2D eigenvalue weighted by Crippen LogP contribution is -2.46. The predicted molar refractivity (Wildman–Crippen MR) is 107 cm³/mol. The number of aliphatic hydroxyl groups is 1. The van der Waals surface area contributed by atoms with E-state index in [2.05, 4.69) is 46.2 Å². The van der Waals surface area contributed by atoms with Crippen LogP contribution in [0.15, 0.2) is 48.5 Å². The Morgan fingerprint density at radius 2 is 1.58 bits per heavy atom. The Hall–Kier alpha value is -1.43. The van der Waals surface area contributed by atoms with Gasteiger partial charge in [0.2, 0.25) is 0 Å². The van der Waals surface area contributed by atoms with Crippen LogP contribution >= 0.6 is 11.6 Å². The zero-order valence-electron chi connectivity index (χ0n) is 15.1. The second-order valence-electron chi connectivity index (χ2n) is 6.62. The van der Waals surface area contributed by atoms with Gasteiger partial charge in [-0.2, -0.15) is 0 Å². The summed E-state index contributed by atoms with van der Waals surface area (Å²) < 4.78 is 5.37. The van der Waals surface area contributed by atoms with Crippen molar-refractivity contribution >= 4 is 11.6 Å². The van der Waals surface area contributed by atoms with Crippen LogP contribution in [-0.2, 0) is 11.3 Å². The maximum absolute atomic E-state index is 8.74. The van der Waals surface area contributed by atoms with E-state index in [0.717, 1.165) is 44.3 Å². The van der Waals surface area contributed by atoms with Crippen LogP contribution in [0.4, 0.5) is 0 Å². The van der Waals surface area contributed by atoms with Gasteiger partial charge in [-0.1, -0.05) is 48.0 Å². The summed E-state index contributed by atoms with van der Waals surface area (Å²) >= 11 is 6.03. The van der Waals surface area contributed by atoms with Crippen molar-refractivity contribution in [2.45, 2.75) is 6.54 Å². The molecule has 5 heteroatoms. The fourth-order valence-corrected chi connectivity index (χ4v) is 3.47.